The summed E-state index contributed by atoms with van der Waals surface area (Å²) in [4.78, 5) is 7.65. The fraction of sp³-hybridized carbons (Fsp3) is 0.455. The first-order valence-corrected chi connectivity index (χ1v) is 14.2. The Kier molecular flexibility index (Phi) is 13.7. The van der Waals surface area contributed by atoms with Gasteiger partial charge in [-0.1, -0.05) is 5.75 Å². The number of hydrogen-bond donors (Lipinski definition) is 1. The van der Waals surface area contributed by atoms with Crippen LogP contribution in [0.25, 0.3) is 0 Å². The summed E-state index contributed by atoms with van der Waals surface area (Å²) in [5, 5.41) is 39.9. The zero-order chi connectivity index (χ0) is 22.2. The molecular formula is C22H30N4O3Sn. The molecule has 30 heavy (non-hydrogen) atoms. The summed E-state index contributed by atoms with van der Waals surface area (Å²) in [6.07, 6.45) is 11.3. The maximum Gasteiger partial charge on any atom is 0.0703 e. The van der Waals surface area contributed by atoms with E-state index in [0.29, 0.717) is 11.1 Å². The molecule has 0 aromatic carbocycles. The zero-order valence-corrected chi connectivity index (χ0v) is 20.8. The van der Waals surface area contributed by atoms with E-state index in [-0.39, 0.29) is 44.8 Å². The smallest absolute Gasteiger partial charge is 0.0703 e. The molecule has 0 bridgehead atoms. The predicted molar refractivity (Wildman–Crippen MR) is 118 cm³/mol. The van der Waals surface area contributed by atoms with Gasteiger partial charge in [0.05, 0.1) is 12.8 Å². The SMILES string of the molecule is CCC[CH2][Sn+2][CH2]CCC.Cc1ncc(CO)c(/C=N/N=C(\[O-])c2ccncc2)c1[O-]. The quantitative estimate of drug-likeness (QED) is 0.171. The van der Waals surface area contributed by atoms with Crippen molar-refractivity contribution in [1.82, 2.24) is 9.97 Å². The predicted octanol–water partition coefficient (Wildman–Crippen LogP) is 2.62. The van der Waals surface area contributed by atoms with Crippen LogP contribution in [-0.4, -0.2) is 48.3 Å². The van der Waals surface area contributed by atoms with E-state index in [2.05, 4.69) is 34.0 Å². The van der Waals surface area contributed by atoms with Crippen molar-refractivity contribution in [3.63, 3.8) is 0 Å². The van der Waals surface area contributed by atoms with Crippen LogP contribution in [0.1, 0.15) is 61.9 Å². The van der Waals surface area contributed by atoms with Gasteiger partial charge in [0, 0.05) is 35.7 Å². The second-order valence-electron chi connectivity index (χ2n) is 6.61. The summed E-state index contributed by atoms with van der Waals surface area (Å²) in [5.74, 6) is -0.894. The van der Waals surface area contributed by atoms with Crippen molar-refractivity contribution in [3.8, 4) is 5.75 Å². The maximum absolute atomic E-state index is 11.9. The number of hydrogen-bond acceptors (Lipinski definition) is 7. The van der Waals surface area contributed by atoms with E-state index in [1.54, 1.807) is 15.8 Å². The Bertz CT molecular complexity index is 792. The average Bonchev–Trinajstić information content (AvgIpc) is 2.77. The van der Waals surface area contributed by atoms with E-state index in [4.69, 9.17) is 0 Å². The van der Waals surface area contributed by atoms with E-state index in [0.717, 1.165) is 6.21 Å². The molecule has 2 aromatic heterocycles. The molecule has 0 fully saturated rings. The Labute approximate surface area is 189 Å². The average molecular weight is 517 g/mol. The Hall–Kier alpha value is -2.00. The Balaban J connectivity index is 0.000000424. The summed E-state index contributed by atoms with van der Waals surface area (Å²) >= 11 is 0.149. The normalized spacial score (nSPS) is 11.1. The van der Waals surface area contributed by atoms with Crippen LogP contribution in [0.15, 0.2) is 40.9 Å². The third-order valence-electron chi connectivity index (χ3n) is 4.18. The van der Waals surface area contributed by atoms with Crippen molar-refractivity contribution in [3.05, 3.63) is 53.1 Å². The number of pyridine rings is 2. The first-order valence-electron chi connectivity index (χ1n) is 10.2. The fourth-order valence-electron chi connectivity index (χ4n) is 2.33. The van der Waals surface area contributed by atoms with Crippen molar-refractivity contribution in [2.24, 2.45) is 10.2 Å². The van der Waals surface area contributed by atoms with E-state index in [9.17, 15) is 15.3 Å². The van der Waals surface area contributed by atoms with Crippen molar-refractivity contribution in [2.75, 3.05) is 0 Å². The summed E-state index contributed by atoms with van der Waals surface area (Å²) in [5.41, 5.74) is 1.14. The van der Waals surface area contributed by atoms with Crippen LogP contribution in [0.3, 0.4) is 0 Å². The van der Waals surface area contributed by atoms with Gasteiger partial charge in [0.15, 0.2) is 0 Å². The molecule has 7 nitrogen and oxygen atoms in total. The van der Waals surface area contributed by atoms with Crippen LogP contribution >= 0.6 is 0 Å². The molecule has 0 aliphatic rings. The Morgan fingerprint density at radius 1 is 1.17 bits per heavy atom. The van der Waals surface area contributed by atoms with Crippen LogP contribution in [0.2, 0.25) is 8.87 Å². The van der Waals surface area contributed by atoms with E-state index < -0.39 is 5.90 Å². The second kappa shape index (κ2) is 15.8. The van der Waals surface area contributed by atoms with Gasteiger partial charge in [0.2, 0.25) is 0 Å². The van der Waals surface area contributed by atoms with Crippen molar-refractivity contribution >= 4 is 33.3 Å². The molecular weight excluding hydrogens is 487 g/mol. The molecule has 0 radical (unpaired) electrons. The Morgan fingerprint density at radius 2 is 1.80 bits per heavy atom. The molecule has 2 rings (SSSR count). The van der Waals surface area contributed by atoms with Crippen LogP contribution in [0, 0.1) is 6.92 Å². The van der Waals surface area contributed by atoms with Crippen LogP contribution in [0.4, 0.5) is 0 Å². The molecule has 0 amide bonds. The minimum atomic E-state index is -0.544. The van der Waals surface area contributed by atoms with Crippen molar-refractivity contribution < 1.29 is 15.3 Å². The number of unbranched alkanes of at least 4 members (excludes halogenated alkanes) is 2. The third kappa shape index (κ3) is 9.67. The van der Waals surface area contributed by atoms with Crippen LogP contribution in [-0.2, 0) is 6.61 Å². The first kappa shape index (κ1) is 26.0. The molecule has 0 unspecified atom stereocenters. The van der Waals surface area contributed by atoms with Crippen molar-refractivity contribution in [1.29, 1.82) is 0 Å². The summed E-state index contributed by atoms with van der Waals surface area (Å²) in [7, 11) is 0. The minimum Gasteiger partial charge on any atom is -0.871 e. The molecule has 0 aliphatic carbocycles. The number of aromatic nitrogens is 2. The van der Waals surface area contributed by atoms with E-state index >= 15 is 0 Å². The molecule has 0 aliphatic heterocycles. The van der Waals surface area contributed by atoms with E-state index in [1.165, 1.54) is 56.4 Å². The number of aliphatic hydroxyl groups is 1. The number of nitrogens with zero attached hydrogens (tertiary/aromatic N) is 4. The third-order valence-corrected chi connectivity index (χ3v) is 8.22. The van der Waals surface area contributed by atoms with Gasteiger partial charge < -0.3 is 15.3 Å². The Morgan fingerprint density at radius 3 is 2.37 bits per heavy atom. The second-order valence-corrected chi connectivity index (χ2v) is 10.9. The zero-order valence-electron chi connectivity index (χ0n) is 18.0. The fourth-order valence-corrected chi connectivity index (χ4v) is 6.49. The summed E-state index contributed by atoms with van der Waals surface area (Å²) in [6, 6.07) is 3.02. The van der Waals surface area contributed by atoms with Gasteiger partial charge in [-0.15, -0.1) is 0 Å². The van der Waals surface area contributed by atoms with Gasteiger partial charge in [0.25, 0.3) is 0 Å². The molecule has 8 heteroatoms. The molecule has 2 aromatic rings. The molecule has 2 heterocycles. The number of aryl methyl sites for hydroxylation is 1. The van der Waals surface area contributed by atoms with Crippen LogP contribution in [0.5, 0.6) is 5.75 Å². The van der Waals surface area contributed by atoms with Gasteiger partial charge >= 0.3 is 69.5 Å². The van der Waals surface area contributed by atoms with Gasteiger partial charge in [-0.05, 0) is 30.2 Å². The van der Waals surface area contributed by atoms with Gasteiger partial charge in [-0.3, -0.25) is 9.97 Å². The van der Waals surface area contributed by atoms with Crippen molar-refractivity contribution in [2.45, 2.75) is 61.9 Å². The molecule has 0 saturated heterocycles. The number of rotatable bonds is 10. The molecule has 0 saturated carbocycles. The summed E-state index contributed by atoms with van der Waals surface area (Å²) < 4.78 is 3.25. The van der Waals surface area contributed by atoms with Gasteiger partial charge in [0.1, 0.15) is 0 Å². The molecule has 160 valence electrons. The largest absolute Gasteiger partial charge is 0.871 e. The number of aliphatic hydroxyl groups excluding tert-OH is 1. The first-order chi connectivity index (χ1) is 14.5. The molecule has 0 spiro atoms. The summed E-state index contributed by atoms with van der Waals surface area (Å²) in [6.45, 7) is 5.79. The minimum absolute atomic E-state index is 0.149. The standard InChI is InChI=1S/C14H14N4O3.2C4H9.Sn/c1-9-13(20)12(11(8-19)6-16-9)7-17-18-14(21)10-2-4-15-5-3-10;2*1-3-4-2;/h2-7,19-20H,8H2,1H3,(H,18,21);2*1,3-4H2,2H3;/q;;;+2/p-2/b17-7+;;;. The topological polar surface area (TPSA) is 117 Å². The van der Waals surface area contributed by atoms with E-state index in [1.807, 2.05) is 0 Å². The molecule has 0 atom stereocenters. The van der Waals surface area contributed by atoms with Crippen LogP contribution < -0.4 is 10.2 Å². The van der Waals surface area contributed by atoms with Gasteiger partial charge in [-0.2, -0.15) is 10.2 Å². The maximum atomic E-state index is 11.9. The molecule has 1 N–H and O–H groups in total. The monoisotopic (exact) mass is 518 g/mol. The van der Waals surface area contributed by atoms with Gasteiger partial charge in [-0.25, -0.2) is 0 Å².